The number of nitrogens with zero attached hydrogens (tertiary/aromatic N) is 1. The van der Waals surface area contributed by atoms with Crippen molar-refractivity contribution < 1.29 is 4.74 Å². The van der Waals surface area contributed by atoms with E-state index in [0.717, 1.165) is 42.9 Å². The van der Waals surface area contributed by atoms with Crippen LogP contribution < -0.4 is 10.5 Å². The van der Waals surface area contributed by atoms with Crippen LogP contribution in [-0.2, 0) is 13.0 Å². The Labute approximate surface area is 116 Å². The molecule has 0 saturated carbocycles. The highest BCUT2D eigenvalue weighted by Gasteiger charge is 2.28. The lowest BCUT2D eigenvalue weighted by molar-refractivity contribution is 0.304. The number of fused-ring (bicyclic) bond motifs is 1. The molecule has 1 saturated heterocycles. The number of rotatable bonds is 2. The van der Waals surface area contributed by atoms with Crippen molar-refractivity contribution in [1.82, 2.24) is 4.90 Å². The largest absolute Gasteiger partial charge is 0.493 e. The van der Waals surface area contributed by atoms with Gasteiger partial charge in [-0.2, -0.15) is 0 Å². The SMILES string of the molecule is CC1CN(Cc2cc(Br)cc3c2OCC3)CC1N. The number of hydrogen-bond donors (Lipinski definition) is 1. The molecule has 1 aromatic rings. The first-order valence-corrected chi connectivity index (χ1v) is 7.35. The molecule has 0 radical (unpaired) electrons. The van der Waals surface area contributed by atoms with Crippen molar-refractivity contribution >= 4 is 15.9 Å². The molecule has 98 valence electrons. The van der Waals surface area contributed by atoms with Gasteiger partial charge in [-0.25, -0.2) is 0 Å². The summed E-state index contributed by atoms with van der Waals surface area (Å²) in [4.78, 5) is 2.43. The molecular formula is C14H19BrN2O. The van der Waals surface area contributed by atoms with E-state index in [0.29, 0.717) is 12.0 Å². The third kappa shape index (κ3) is 2.29. The highest BCUT2D eigenvalue weighted by atomic mass is 79.9. The van der Waals surface area contributed by atoms with Crippen molar-refractivity contribution in [2.45, 2.75) is 25.9 Å². The predicted octanol–water partition coefficient (Wildman–Crippen LogP) is 2.16. The number of ether oxygens (including phenoxy) is 1. The summed E-state index contributed by atoms with van der Waals surface area (Å²) in [5.41, 5.74) is 8.70. The zero-order valence-corrected chi connectivity index (χ0v) is 12.2. The molecule has 3 rings (SSSR count). The fourth-order valence-electron chi connectivity index (χ4n) is 2.93. The molecule has 4 heteroatoms. The van der Waals surface area contributed by atoms with Gasteiger partial charge in [0, 0.05) is 42.1 Å². The van der Waals surface area contributed by atoms with Gasteiger partial charge in [0.2, 0.25) is 0 Å². The highest BCUT2D eigenvalue weighted by molar-refractivity contribution is 9.10. The first-order valence-electron chi connectivity index (χ1n) is 6.55. The van der Waals surface area contributed by atoms with Crippen LogP contribution in [-0.4, -0.2) is 30.6 Å². The monoisotopic (exact) mass is 310 g/mol. The Kier molecular flexibility index (Phi) is 3.34. The standard InChI is InChI=1S/C14H19BrN2O/c1-9-6-17(8-13(9)16)7-11-5-12(15)4-10-2-3-18-14(10)11/h4-5,9,13H,2-3,6-8,16H2,1H3. The fraction of sp³-hybridized carbons (Fsp3) is 0.571. The van der Waals surface area contributed by atoms with E-state index < -0.39 is 0 Å². The summed E-state index contributed by atoms with van der Waals surface area (Å²) < 4.78 is 6.92. The van der Waals surface area contributed by atoms with Gasteiger partial charge in [0.15, 0.2) is 0 Å². The van der Waals surface area contributed by atoms with E-state index in [2.05, 4.69) is 39.9 Å². The Morgan fingerprint density at radius 2 is 2.28 bits per heavy atom. The minimum absolute atomic E-state index is 0.311. The average Bonchev–Trinajstić information content (AvgIpc) is 2.86. The van der Waals surface area contributed by atoms with Gasteiger partial charge in [0.25, 0.3) is 0 Å². The van der Waals surface area contributed by atoms with Crippen LogP contribution in [0.5, 0.6) is 5.75 Å². The predicted molar refractivity (Wildman–Crippen MR) is 75.8 cm³/mol. The third-order valence-corrected chi connectivity index (χ3v) is 4.42. The summed E-state index contributed by atoms with van der Waals surface area (Å²) in [6.45, 7) is 6.06. The van der Waals surface area contributed by atoms with E-state index >= 15 is 0 Å². The summed E-state index contributed by atoms with van der Waals surface area (Å²) in [5.74, 6) is 1.69. The van der Waals surface area contributed by atoms with Crippen LogP contribution in [0.2, 0.25) is 0 Å². The van der Waals surface area contributed by atoms with Gasteiger partial charge in [-0.05, 0) is 23.6 Å². The van der Waals surface area contributed by atoms with Crippen LogP contribution in [0.1, 0.15) is 18.1 Å². The molecule has 18 heavy (non-hydrogen) atoms. The van der Waals surface area contributed by atoms with Crippen molar-refractivity contribution in [3.8, 4) is 5.75 Å². The molecule has 0 spiro atoms. The maximum atomic E-state index is 6.08. The highest BCUT2D eigenvalue weighted by Crippen LogP contribution is 2.34. The van der Waals surface area contributed by atoms with Gasteiger partial charge in [-0.15, -0.1) is 0 Å². The van der Waals surface area contributed by atoms with E-state index in [9.17, 15) is 0 Å². The molecule has 0 bridgehead atoms. The molecule has 0 amide bonds. The molecule has 0 aromatic heterocycles. The van der Waals surface area contributed by atoms with Gasteiger partial charge in [-0.3, -0.25) is 4.90 Å². The summed E-state index contributed by atoms with van der Waals surface area (Å²) in [6, 6.07) is 4.66. The second-order valence-corrected chi connectivity index (χ2v) is 6.40. The van der Waals surface area contributed by atoms with Crippen molar-refractivity contribution in [2.24, 2.45) is 11.7 Å². The van der Waals surface area contributed by atoms with Crippen molar-refractivity contribution in [2.75, 3.05) is 19.7 Å². The van der Waals surface area contributed by atoms with Gasteiger partial charge < -0.3 is 10.5 Å². The summed E-state index contributed by atoms with van der Waals surface area (Å²) in [5, 5.41) is 0. The van der Waals surface area contributed by atoms with E-state index in [4.69, 9.17) is 10.5 Å². The van der Waals surface area contributed by atoms with Crippen molar-refractivity contribution in [3.63, 3.8) is 0 Å². The lowest BCUT2D eigenvalue weighted by Gasteiger charge is -2.17. The maximum Gasteiger partial charge on any atom is 0.127 e. The van der Waals surface area contributed by atoms with Gasteiger partial charge in [-0.1, -0.05) is 22.9 Å². The van der Waals surface area contributed by atoms with E-state index in [1.165, 1.54) is 11.1 Å². The van der Waals surface area contributed by atoms with Gasteiger partial charge >= 0.3 is 0 Å². The number of nitrogens with two attached hydrogens (primary N) is 1. The molecule has 2 aliphatic heterocycles. The number of benzene rings is 1. The minimum Gasteiger partial charge on any atom is -0.493 e. The van der Waals surface area contributed by atoms with Crippen LogP contribution in [0, 0.1) is 5.92 Å². The van der Waals surface area contributed by atoms with Crippen molar-refractivity contribution in [3.05, 3.63) is 27.7 Å². The Balaban J connectivity index is 1.81. The molecule has 2 unspecified atom stereocenters. The van der Waals surface area contributed by atoms with Gasteiger partial charge in [0.05, 0.1) is 6.61 Å². The Morgan fingerprint density at radius 3 is 3.00 bits per heavy atom. The zero-order chi connectivity index (χ0) is 12.7. The van der Waals surface area contributed by atoms with Crippen LogP contribution >= 0.6 is 15.9 Å². The molecule has 3 nitrogen and oxygen atoms in total. The molecular weight excluding hydrogens is 292 g/mol. The molecule has 2 atom stereocenters. The first kappa shape index (κ1) is 12.5. The average molecular weight is 311 g/mol. The number of hydrogen-bond acceptors (Lipinski definition) is 3. The summed E-state index contributed by atoms with van der Waals surface area (Å²) >= 11 is 3.59. The third-order valence-electron chi connectivity index (χ3n) is 3.97. The second-order valence-electron chi connectivity index (χ2n) is 5.49. The molecule has 1 aromatic carbocycles. The topological polar surface area (TPSA) is 38.5 Å². The lowest BCUT2D eigenvalue weighted by Crippen LogP contribution is -2.28. The lowest BCUT2D eigenvalue weighted by atomic mass is 10.1. The fourth-order valence-corrected chi connectivity index (χ4v) is 3.48. The number of likely N-dealkylation sites (tertiary alicyclic amines) is 1. The van der Waals surface area contributed by atoms with E-state index in [1.807, 2.05) is 0 Å². The quantitative estimate of drug-likeness (QED) is 0.910. The van der Waals surface area contributed by atoms with Crippen LogP contribution in [0.4, 0.5) is 0 Å². The van der Waals surface area contributed by atoms with Gasteiger partial charge in [0.1, 0.15) is 5.75 Å². The second kappa shape index (κ2) is 4.83. The minimum atomic E-state index is 0.311. The smallest absolute Gasteiger partial charge is 0.127 e. The van der Waals surface area contributed by atoms with Crippen molar-refractivity contribution in [1.29, 1.82) is 0 Å². The normalized spacial score (nSPS) is 27.3. The first-order chi connectivity index (χ1) is 8.63. The molecule has 0 aliphatic carbocycles. The summed E-state index contributed by atoms with van der Waals surface area (Å²) in [7, 11) is 0. The number of halogens is 1. The Morgan fingerprint density at radius 1 is 1.44 bits per heavy atom. The summed E-state index contributed by atoms with van der Waals surface area (Å²) in [6.07, 6.45) is 1.03. The molecule has 1 fully saturated rings. The Bertz CT molecular complexity index is 453. The zero-order valence-electron chi connectivity index (χ0n) is 10.7. The van der Waals surface area contributed by atoms with E-state index in [1.54, 1.807) is 0 Å². The van der Waals surface area contributed by atoms with Crippen LogP contribution in [0.15, 0.2) is 16.6 Å². The Hall–Kier alpha value is -0.580. The van der Waals surface area contributed by atoms with Crippen LogP contribution in [0.25, 0.3) is 0 Å². The molecule has 2 N–H and O–H groups in total. The molecule has 2 heterocycles. The maximum absolute atomic E-state index is 6.08. The van der Waals surface area contributed by atoms with E-state index in [-0.39, 0.29) is 0 Å². The van der Waals surface area contributed by atoms with Crippen LogP contribution in [0.3, 0.4) is 0 Å². The molecule has 2 aliphatic rings.